The number of aliphatic hydroxyl groups is 1. The zero-order valence-electron chi connectivity index (χ0n) is 15.8. The molecule has 26 heavy (non-hydrogen) atoms. The molecule has 0 radical (unpaired) electrons. The molecular formula is C18H34N2O6. The fourth-order valence-corrected chi connectivity index (χ4v) is 2.39. The molecule has 0 aromatic heterocycles. The fraction of sp³-hybridized carbons (Fsp3) is 0.833. The van der Waals surface area contributed by atoms with Crippen molar-refractivity contribution in [2.45, 2.75) is 77.2 Å². The van der Waals surface area contributed by atoms with E-state index in [0.717, 1.165) is 19.3 Å². The number of hydrogen-bond acceptors (Lipinski definition) is 5. The van der Waals surface area contributed by atoms with Crippen LogP contribution < -0.4 is 10.6 Å². The van der Waals surface area contributed by atoms with Crippen LogP contribution >= 0.6 is 0 Å². The molecule has 8 heteroatoms. The fourth-order valence-electron chi connectivity index (χ4n) is 2.39. The van der Waals surface area contributed by atoms with Crippen LogP contribution in [0, 0.1) is 0 Å². The Morgan fingerprint density at radius 3 is 1.96 bits per heavy atom. The van der Waals surface area contributed by atoms with Crippen LogP contribution in [0.5, 0.6) is 0 Å². The first kappa shape index (κ1) is 24.2. The molecule has 0 aromatic rings. The Hall–Kier alpha value is -1.83. The molecule has 0 rings (SSSR count). The number of aliphatic hydroxyl groups excluding tert-OH is 1. The summed E-state index contributed by atoms with van der Waals surface area (Å²) >= 11 is 0. The first-order chi connectivity index (χ1) is 12.5. The number of unbranched alkanes of at least 4 members (excludes halogenated alkanes) is 9. The molecule has 0 fully saturated rings. The van der Waals surface area contributed by atoms with Crippen molar-refractivity contribution in [3.8, 4) is 0 Å². The van der Waals surface area contributed by atoms with Crippen LogP contribution in [0.15, 0.2) is 0 Å². The third kappa shape index (κ3) is 14.5. The largest absolute Gasteiger partial charge is 0.480 e. The van der Waals surface area contributed by atoms with E-state index in [4.69, 9.17) is 14.9 Å². The van der Waals surface area contributed by atoms with Gasteiger partial charge in [0, 0.05) is 0 Å². The molecule has 0 saturated heterocycles. The summed E-state index contributed by atoms with van der Waals surface area (Å²) in [4.78, 5) is 33.5. The number of rotatable bonds is 16. The second-order valence-corrected chi connectivity index (χ2v) is 6.31. The maximum atomic E-state index is 11.4. The van der Waals surface area contributed by atoms with Crippen LogP contribution in [0.1, 0.15) is 71.1 Å². The topological polar surface area (TPSA) is 125 Å². The van der Waals surface area contributed by atoms with Gasteiger partial charge in [0.1, 0.15) is 12.6 Å². The van der Waals surface area contributed by atoms with Crippen molar-refractivity contribution in [2.24, 2.45) is 0 Å². The number of hydrogen-bond donors (Lipinski definition) is 4. The highest BCUT2D eigenvalue weighted by atomic mass is 16.5. The van der Waals surface area contributed by atoms with Crippen molar-refractivity contribution < 1.29 is 29.3 Å². The van der Waals surface area contributed by atoms with E-state index in [1.54, 1.807) is 0 Å². The number of ether oxygens (including phenoxy) is 1. The smallest absolute Gasteiger partial charge is 0.407 e. The molecule has 0 aliphatic rings. The number of carboxylic acid groups (broad SMARTS) is 1. The highest BCUT2D eigenvalue weighted by Crippen LogP contribution is 2.10. The zero-order chi connectivity index (χ0) is 19.6. The molecule has 8 nitrogen and oxygen atoms in total. The molecule has 0 aliphatic heterocycles. The van der Waals surface area contributed by atoms with Gasteiger partial charge in [-0.25, -0.2) is 9.59 Å². The molecular weight excluding hydrogens is 340 g/mol. The Balaban J connectivity index is 3.49. The lowest BCUT2D eigenvalue weighted by Gasteiger charge is -2.12. The maximum absolute atomic E-state index is 11.4. The number of carbonyl (C=O) groups excluding carboxylic acids is 2. The molecule has 152 valence electrons. The number of alkyl carbamates (subject to hydrolysis) is 1. The average Bonchev–Trinajstić information content (AvgIpc) is 2.62. The lowest BCUT2D eigenvalue weighted by Crippen LogP contribution is -2.47. The van der Waals surface area contributed by atoms with Crippen molar-refractivity contribution in [1.29, 1.82) is 0 Å². The summed E-state index contributed by atoms with van der Waals surface area (Å²) in [6.07, 6.45) is 11.2. The van der Waals surface area contributed by atoms with Gasteiger partial charge in [0.15, 0.2) is 0 Å². The standard InChI is InChI=1S/C18H34N2O6/c1-2-3-4-5-6-7-8-9-10-11-12-26-18(25)19-13-16(22)20-15(14-21)17(23)24/h15,21H,2-14H2,1H3,(H,19,25)(H,20,22)(H,23,24). The number of aliphatic carboxylic acids is 1. The predicted octanol–water partition coefficient (Wildman–Crippen LogP) is 2.20. The van der Waals surface area contributed by atoms with Gasteiger partial charge >= 0.3 is 12.1 Å². The Morgan fingerprint density at radius 1 is 0.923 bits per heavy atom. The molecule has 0 bridgehead atoms. The molecule has 2 amide bonds. The van der Waals surface area contributed by atoms with E-state index in [2.05, 4.69) is 17.6 Å². The lowest BCUT2D eigenvalue weighted by molar-refractivity contribution is -0.142. The predicted molar refractivity (Wildman–Crippen MR) is 97.8 cm³/mol. The second-order valence-electron chi connectivity index (χ2n) is 6.31. The third-order valence-corrected chi connectivity index (χ3v) is 3.94. The highest BCUT2D eigenvalue weighted by Gasteiger charge is 2.18. The minimum absolute atomic E-state index is 0.290. The van der Waals surface area contributed by atoms with Gasteiger partial charge in [0.25, 0.3) is 0 Å². The number of carboxylic acids is 1. The summed E-state index contributed by atoms with van der Waals surface area (Å²) in [5.41, 5.74) is 0. The van der Waals surface area contributed by atoms with E-state index in [-0.39, 0.29) is 0 Å². The van der Waals surface area contributed by atoms with Crippen molar-refractivity contribution in [3.05, 3.63) is 0 Å². The summed E-state index contributed by atoms with van der Waals surface area (Å²) in [7, 11) is 0. The zero-order valence-corrected chi connectivity index (χ0v) is 15.8. The van der Waals surface area contributed by atoms with Gasteiger partial charge in [0.2, 0.25) is 5.91 Å². The molecule has 4 N–H and O–H groups in total. The van der Waals surface area contributed by atoms with Crippen molar-refractivity contribution in [3.63, 3.8) is 0 Å². The van der Waals surface area contributed by atoms with E-state index in [9.17, 15) is 14.4 Å². The number of nitrogens with one attached hydrogen (secondary N) is 2. The Morgan fingerprint density at radius 2 is 1.46 bits per heavy atom. The minimum Gasteiger partial charge on any atom is -0.480 e. The van der Waals surface area contributed by atoms with E-state index < -0.39 is 37.2 Å². The summed E-state index contributed by atoms with van der Waals surface area (Å²) in [5.74, 6) is -2.05. The van der Waals surface area contributed by atoms with E-state index >= 15 is 0 Å². The quantitative estimate of drug-likeness (QED) is 0.307. The van der Waals surface area contributed by atoms with Crippen LogP contribution in [0.3, 0.4) is 0 Å². The first-order valence-electron chi connectivity index (χ1n) is 9.54. The van der Waals surface area contributed by atoms with Crippen molar-refractivity contribution in [2.75, 3.05) is 19.8 Å². The number of carbonyl (C=O) groups is 3. The molecule has 0 aromatic carbocycles. The summed E-state index contributed by atoms with van der Waals surface area (Å²) in [5, 5.41) is 21.8. The second kappa shape index (κ2) is 16.6. The van der Waals surface area contributed by atoms with Gasteiger partial charge in [-0.1, -0.05) is 64.7 Å². The van der Waals surface area contributed by atoms with Gasteiger partial charge in [0.05, 0.1) is 13.2 Å². The normalized spacial score (nSPS) is 11.6. The molecule has 0 spiro atoms. The molecule has 0 heterocycles. The van der Waals surface area contributed by atoms with E-state index in [0.29, 0.717) is 6.61 Å². The summed E-state index contributed by atoms with van der Waals surface area (Å²) in [6, 6.07) is -1.38. The molecule has 1 unspecified atom stereocenters. The van der Waals surface area contributed by atoms with Gasteiger partial charge < -0.3 is 25.6 Å². The number of amides is 2. The van der Waals surface area contributed by atoms with Crippen molar-refractivity contribution in [1.82, 2.24) is 10.6 Å². The van der Waals surface area contributed by atoms with Gasteiger partial charge in [-0.3, -0.25) is 4.79 Å². The van der Waals surface area contributed by atoms with Gasteiger partial charge in [-0.05, 0) is 6.42 Å². The van der Waals surface area contributed by atoms with Crippen LogP contribution in [0.4, 0.5) is 4.79 Å². The average molecular weight is 374 g/mol. The van der Waals surface area contributed by atoms with Gasteiger partial charge in [-0.2, -0.15) is 0 Å². The Labute approximate surface area is 155 Å². The highest BCUT2D eigenvalue weighted by molar-refractivity contribution is 5.86. The lowest BCUT2D eigenvalue weighted by atomic mass is 10.1. The van der Waals surface area contributed by atoms with Gasteiger partial charge in [-0.15, -0.1) is 0 Å². The maximum Gasteiger partial charge on any atom is 0.407 e. The van der Waals surface area contributed by atoms with Crippen LogP contribution in [0.25, 0.3) is 0 Å². The van der Waals surface area contributed by atoms with Crippen molar-refractivity contribution >= 4 is 18.0 Å². The minimum atomic E-state index is -1.38. The van der Waals surface area contributed by atoms with Crippen LogP contribution in [-0.4, -0.2) is 54.0 Å². The summed E-state index contributed by atoms with van der Waals surface area (Å²) in [6.45, 7) is 1.38. The SMILES string of the molecule is CCCCCCCCCCCCOC(=O)NCC(=O)NC(CO)C(=O)O. The summed E-state index contributed by atoms with van der Waals surface area (Å²) < 4.78 is 4.95. The molecule has 1 atom stereocenters. The molecule has 0 saturated carbocycles. The van der Waals surface area contributed by atoms with E-state index in [1.807, 2.05) is 0 Å². The monoisotopic (exact) mass is 374 g/mol. The molecule has 0 aliphatic carbocycles. The Bertz CT molecular complexity index is 403. The van der Waals surface area contributed by atoms with Crippen LogP contribution in [-0.2, 0) is 14.3 Å². The Kier molecular flexibility index (Phi) is 15.5. The third-order valence-electron chi connectivity index (χ3n) is 3.94. The van der Waals surface area contributed by atoms with Crippen LogP contribution in [0.2, 0.25) is 0 Å². The van der Waals surface area contributed by atoms with E-state index in [1.165, 1.54) is 44.9 Å². The first-order valence-corrected chi connectivity index (χ1v) is 9.54.